The maximum atomic E-state index is 12.5. The van der Waals surface area contributed by atoms with E-state index in [1.807, 2.05) is 35.0 Å². The number of carbonyl (C=O) groups excluding carboxylic acids is 1. The number of oxime groups is 1. The second kappa shape index (κ2) is 7.38. The Morgan fingerprint density at radius 3 is 3.04 bits per heavy atom. The molecule has 1 aromatic heterocycles. The van der Waals surface area contributed by atoms with Crippen LogP contribution < -0.4 is 10.1 Å². The molecule has 0 radical (unpaired) electrons. The first kappa shape index (κ1) is 17.0. The van der Waals surface area contributed by atoms with E-state index in [0.29, 0.717) is 18.7 Å². The van der Waals surface area contributed by atoms with Crippen LogP contribution in [-0.2, 0) is 16.2 Å². The van der Waals surface area contributed by atoms with E-state index >= 15 is 0 Å². The van der Waals surface area contributed by atoms with Crippen LogP contribution in [0.15, 0.2) is 48.1 Å². The fraction of sp³-hybridized carbons (Fsp3) is 0.389. The zero-order valence-corrected chi connectivity index (χ0v) is 14.4. The fourth-order valence-electron chi connectivity index (χ4n) is 2.76. The molecule has 0 bridgehead atoms. The summed E-state index contributed by atoms with van der Waals surface area (Å²) < 4.78 is 7.33. The number of aromatic nitrogens is 2. The number of aryl methyl sites for hydroxylation is 1. The average molecular weight is 342 g/mol. The largest absolute Gasteiger partial charge is 0.496 e. The molecule has 7 heteroatoms. The number of imidazole rings is 1. The van der Waals surface area contributed by atoms with Gasteiger partial charge in [0.15, 0.2) is 0 Å². The van der Waals surface area contributed by atoms with Crippen LogP contribution in [0.5, 0.6) is 5.75 Å². The van der Waals surface area contributed by atoms with Gasteiger partial charge < -0.3 is 19.5 Å². The van der Waals surface area contributed by atoms with Gasteiger partial charge in [-0.2, -0.15) is 0 Å². The van der Waals surface area contributed by atoms with Crippen molar-refractivity contribution in [3.05, 3.63) is 48.5 Å². The highest BCUT2D eigenvalue weighted by atomic mass is 16.7. The number of nitrogens with one attached hydrogen (secondary N) is 1. The van der Waals surface area contributed by atoms with E-state index in [4.69, 9.17) is 9.57 Å². The van der Waals surface area contributed by atoms with Gasteiger partial charge >= 0.3 is 0 Å². The minimum Gasteiger partial charge on any atom is -0.496 e. The molecule has 2 heterocycles. The van der Waals surface area contributed by atoms with E-state index in [0.717, 1.165) is 24.3 Å². The van der Waals surface area contributed by atoms with E-state index in [1.54, 1.807) is 26.6 Å². The van der Waals surface area contributed by atoms with E-state index in [2.05, 4.69) is 15.5 Å². The lowest BCUT2D eigenvalue weighted by atomic mass is 9.94. The van der Waals surface area contributed by atoms with Crippen LogP contribution in [0.2, 0.25) is 0 Å². The second-order valence-corrected chi connectivity index (χ2v) is 6.15. The van der Waals surface area contributed by atoms with Crippen molar-refractivity contribution in [3.63, 3.8) is 0 Å². The molecule has 1 aromatic carbocycles. The van der Waals surface area contributed by atoms with Crippen molar-refractivity contribution in [3.8, 4) is 5.75 Å². The molecule has 7 nitrogen and oxygen atoms in total. The standard InChI is InChI=1S/C18H22N4O3/c1-18(17(23)20-8-5-10-22-11-9-19-13-22)12-15(21-25-18)14-6-3-4-7-16(14)24-2/h3-4,6-7,9,11,13H,5,8,10,12H2,1-2H3,(H,20,23). The van der Waals surface area contributed by atoms with Crippen molar-refractivity contribution >= 4 is 11.6 Å². The van der Waals surface area contributed by atoms with Crippen molar-refractivity contribution in [1.82, 2.24) is 14.9 Å². The maximum absolute atomic E-state index is 12.5. The predicted molar refractivity (Wildman–Crippen MR) is 93.5 cm³/mol. The first-order valence-electron chi connectivity index (χ1n) is 8.25. The number of nitrogens with zero attached hydrogens (tertiary/aromatic N) is 3. The van der Waals surface area contributed by atoms with Crippen molar-refractivity contribution in [2.75, 3.05) is 13.7 Å². The normalized spacial score (nSPS) is 19.2. The lowest BCUT2D eigenvalue weighted by Gasteiger charge is -2.20. The van der Waals surface area contributed by atoms with Gasteiger partial charge in [0.1, 0.15) is 5.75 Å². The second-order valence-electron chi connectivity index (χ2n) is 6.15. The molecule has 1 aliphatic rings. The first-order chi connectivity index (χ1) is 12.1. The topological polar surface area (TPSA) is 77.7 Å². The molecule has 25 heavy (non-hydrogen) atoms. The van der Waals surface area contributed by atoms with Crippen LogP contribution in [-0.4, -0.2) is 40.4 Å². The summed E-state index contributed by atoms with van der Waals surface area (Å²) >= 11 is 0. The predicted octanol–water partition coefficient (Wildman–Crippen LogP) is 1.98. The van der Waals surface area contributed by atoms with E-state index in [9.17, 15) is 4.79 Å². The Labute approximate surface area is 146 Å². The van der Waals surface area contributed by atoms with Gasteiger partial charge in [0.2, 0.25) is 5.60 Å². The molecule has 0 saturated heterocycles. The van der Waals surface area contributed by atoms with Gasteiger partial charge in [-0.1, -0.05) is 17.3 Å². The minimum atomic E-state index is -0.995. The summed E-state index contributed by atoms with van der Waals surface area (Å²) in [5.41, 5.74) is 0.570. The summed E-state index contributed by atoms with van der Waals surface area (Å²) in [4.78, 5) is 22.0. The van der Waals surface area contributed by atoms with Crippen LogP contribution in [0.1, 0.15) is 25.3 Å². The lowest BCUT2D eigenvalue weighted by Crippen LogP contribution is -2.45. The lowest BCUT2D eigenvalue weighted by molar-refractivity contribution is -0.141. The molecule has 1 amide bonds. The van der Waals surface area contributed by atoms with Crippen LogP contribution in [0.3, 0.4) is 0 Å². The number of carbonyl (C=O) groups is 1. The van der Waals surface area contributed by atoms with Gasteiger partial charge in [-0.25, -0.2) is 4.98 Å². The van der Waals surface area contributed by atoms with Crippen molar-refractivity contribution in [2.45, 2.75) is 31.9 Å². The highest BCUT2D eigenvalue weighted by molar-refractivity contribution is 6.07. The molecule has 1 unspecified atom stereocenters. The Morgan fingerprint density at radius 2 is 2.28 bits per heavy atom. The summed E-state index contributed by atoms with van der Waals surface area (Å²) in [6, 6.07) is 7.58. The molecular weight excluding hydrogens is 320 g/mol. The van der Waals surface area contributed by atoms with Gasteiger partial charge in [-0.05, 0) is 25.5 Å². The quantitative estimate of drug-likeness (QED) is 0.781. The minimum absolute atomic E-state index is 0.160. The fourth-order valence-corrected chi connectivity index (χ4v) is 2.76. The Kier molecular flexibility index (Phi) is 5.02. The van der Waals surface area contributed by atoms with Gasteiger partial charge in [-0.3, -0.25) is 4.79 Å². The summed E-state index contributed by atoms with van der Waals surface area (Å²) in [5.74, 6) is 0.557. The zero-order chi connectivity index (χ0) is 17.7. The van der Waals surface area contributed by atoms with Gasteiger partial charge in [0.25, 0.3) is 5.91 Å². The Hall–Kier alpha value is -2.83. The summed E-state index contributed by atoms with van der Waals surface area (Å²) in [6.45, 7) is 3.13. The summed E-state index contributed by atoms with van der Waals surface area (Å²) in [7, 11) is 1.61. The van der Waals surface area contributed by atoms with Crippen LogP contribution in [0, 0.1) is 0 Å². The van der Waals surface area contributed by atoms with Gasteiger partial charge in [0.05, 0.1) is 19.1 Å². The number of para-hydroxylation sites is 1. The molecule has 0 saturated carbocycles. The van der Waals surface area contributed by atoms with Crippen LogP contribution in [0.25, 0.3) is 0 Å². The van der Waals surface area contributed by atoms with Gasteiger partial charge in [0, 0.05) is 37.5 Å². The third-order valence-electron chi connectivity index (χ3n) is 4.20. The number of benzene rings is 1. The van der Waals surface area contributed by atoms with Crippen molar-refractivity contribution in [2.24, 2.45) is 5.16 Å². The number of hydrogen-bond acceptors (Lipinski definition) is 5. The molecule has 0 fully saturated rings. The average Bonchev–Trinajstić information content (AvgIpc) is 3.29. The molecule has 1 atom stereocenters. The molecule has 0 aliphatic carbocycles. The maximum Gasteiger partial charge on any atom is 0.267 e. The number of rotatable bonds is 7. The smallest absolute Gasteiger partial charge is 0.267 e. The van der Waals surface area contributed by atoms with Crippen molar-refractivity contribution in [1.29, 1.82) is 0 Å². The van der Waals surface area contributed by atoms with Crippen LogP contribution in [0.4, 0.5) is 0 Å². The van der Waals surface area contributed by atoms with E-state index < -0.39 is 5.60 Å². The van der Waals surface area contributed by atoms with E-state index in [1.165, 1.54) is 0 Å². The molecule has 0 spiro atoms. The van der Waals surface area contributed by atoms with Gasteiger partial charge in [-0.15, -0.1) is 0 Å². The molecule has 132 valence electrons. The number of methoxy groups -OCH3 is 1. The first-order valence-corrected chi connectivity index (χ1v) is 8.25. The monoisotopic (exact) mass is 342 g/mol. The third-order valence-corrected chi connectivity index (χ3v) is 4.20. The highest BCUT2D eigenvalue weighted by Crippen LogP contribution is 2.30. The summed E-state index contributed by atoms with van der Waals surface area (Å²) in [6.07, 6.45) is 6.62. The highest BCUT2D eigenvalue weighted by Gasteiger charge is 2.42. The SMILES string of the molecule is COc1ccccc1C1=NOC(C)(C(=O)NCCCn2ccnc2)C1. The third kappa shape index (κ3) is 3.81. The van der Waals surface area contributed by atoms with E-state index in [-0.39, 0.29) is 5.91 Å². The number of amides is 1. The Balaban J connectivity index is 1.53. The number of hydrogen-bond donors (Lipinski definition) is 1. The van der Waals surface area contributed by atoms with Crippen LogP contribution >= 0.6 is 0 Å². The molecule has 1 N–H and O–H groups in total. The molecule has 1 aliphatic heterocycles. The van der Waals surface area contributed by atoms with Crippen molar-refractivity contribution < 1.29 is 14.4 Å². The molecule has 3 rings (SSSR count). The number of ether oxygens (including phenoxy) is 1. The molecule has 2 aromatic rings. The zero-order valence-electron chi connectivity index (χ0n) is 14.4. The Morgan fingerprint density at radius 1 is 1.44 bits per heavy atom. The summed E-state index contributed by atoms with van der Waals surface area (Å²) in [5, 5.41) is 7.05. The molecular formula is C18H22N4O3. The Bertz CT molecular complexity index is 757.